The van der Waals surface area contributed by atoms with Crippen molar-refractivity contribution in [1.29, 1.82) is 0 Å². The van der Waals surface area contributed by atoms with E-state index < -0.39 is 12.1 Å². The molecule has 2 rings (SSSR count). The molecule has 0 aliphatic rings. The van der Waals surface area contributed by atoms with E-state index in [0.717, 1.165) is 11.1 Å². The fourth-order valence-electron chi connectivity index (χ4n) is 2.43. The number of rotatable bonds is 10. The Labute approximate surface area is 153 Å². The number of hydrogen-bond acceptors (Lipinski definition) is 4. The highest BCUT2D eigenvalue weighted by Gasteiger charge is 2.13. The summed E-state index contributed by atoms with van der Waals surface area (Å²) in [5, 5.41) is 14.8. The van der Waals surface area contributed by atoms with Gasteiger partial charge in [0.1, 0.15) is 6.61 Å². The van der Waals surface area contributed by atoms with Crippen molar-refractivity contribution < 1.29 is 19.4 Å². The number of benzene rings is 2. The topological polar surface area (TPSA) is 87.7 Å². The summed E-state index contributed by atoms with van der Waals surface area (Å²) in [6.45, 7) is 0.755. The normalized spacial score (nSPS) is 11.5. The summed E-state index contributed by atoms with van der Waals surface area (Å²) in [6, 6.07) is 19.2. The minimum Gasteiger partial charge on any atom is -0.481 e. The van der Waals surface area contributed by atoms with E-state index in [2.05, 4.69) is 10.6 Å². The zero-order valence-corrected chi connectivity index (χ0v) is 14.6. The fourth-order valence-corrected chi connectivity index (χ4v) is 2.43. The first-order chi connectivity index (χ1) is 12.6. The van der Waals surface area contributed by atoms with E-state index >= 15 is 0 Å². The molecule has 0 spiro atoms. The molecule has 6 nitrogen and oxygen atoms in total. The number of carbonyl (C=O) groups excluding carboxylic acids is 1. The van der Waals surface area contributed by atoms with Crippen LogP contribution in [0.5, 0.6) is 0 Å². The molecular formula is C20H24N2O4. The molecule has 138 valence electrons. The highest BCUT2D eigenvalue weighted by atomic mass is 16.5. The van der Waals surface area contributed by atoms with Crippen LogP contribution < -0.4 is 10.6 Å². The third kappa shape index (κ3) is 7.81. The number of aliphatic carboxylic acids is 1. The SMILES string of the molecule is O=C(O)CCCC(NCc1ccccc1)NC(=O)OCc1ccccc1. The highest BCUT2D eigenvalue weighted by Crippen LogP contribution is 2.04. The second-order valence-electron chi connectivity index (χ2n) is 5.91. The number of carboxylic acids is 1. The molecule has 0 bridgehead atoms. The second kappa shape index (κ2) is 10.9. The maximum absolute atomic E-state index is 12.0. The molecule has 0 saturated heterocycles. The van der Waals surface area contributed by atoms with Gasteiger partial charge in [0.15, 0.2) is 0 Å². The first-order valence-corrected chi connectivity index (χ1v) is 8.60. The number of carbonyl (C=O) groups is 2. The van der Waals surface area contributed by atoms with Gasteiger partial charge in [0, 0.05) is 13.0 Å². The lowest BCUT2D eigenvalue weighted by Crippen LogP contribution is -2.45. The molecule has 1 amide bonds. The minimum atomic E-state index is -0.849. The van der Waals surface area contributed by atoms with Crippen molar-refractivity contribution in [2.45, 2.75) is 38.6 Å². The quantitative estimate of drug-likeness (QED) is 0.569. The predicted octanol–water partition coefficient (Wildman–Crippen LogP) is 3.28. The van der Waals surface area contributed by atoms with Crippen LogP contribution in [0.25, 0.3) is 0 Å². The van der Waals surface area contributed by atoms with E-state index in [1.165, 1.54) is 0 Å². The van der Waals surface area contributed by atoms with Gasteiger partial charge in [-0.1, -0.05) is 60.7 Å². The van der Waals surface area contributed by atoms with Gasteiger partial charge in [-0.3, -0.25) is 10.1 Å². The molecule has 0 fully saturated rings. The molecule has 0 heterocycles. The van der Waals surface area contributed by atoms with Gasteiger partial charge in [-0.2, -0.15) is 0 Å². The maximum atomic E-state index is 12.0. The molecule has 0 aliphatic carbocycles. The van der Waals surface area contributed by atoms with Crippen LogP contribution >= 0.6 is 0 Å². The van der Waals surface area contributed by atoms with Crippen LogP contribution in [-0.4, -0.2) is 23.3 Å². The van der Waals surface area contributed by atoms with Crippen LogP contribution in [0.2, 0.25) is 0 Å². The standard InChI is InChI=1S/C20H24N2O4/c23-19(24)13-7-12-18(21-14-16-8-3-1-4-9-16)22-20(25)26-15-17-10-5-2-6-11-17/h1-6,8-11,18,21H,7,12-15H2,(H,22,25)(H,23,24). The van der Waals surface area contributed by atoms with E-state index in [4.69, 9.17) is 9.84 Å². The van der Waals surface area contributed by atoms with Crippen molar-refractivity contribution in [3.8, 4) is 0 Å². The summed E-state index contributed by atoms with van der Waals surface area (Å²) in [5.74, 6) is -0.849. The Kier molecular flexibility index (Phi) is 8.15. The van der Waals surface area contributed by atoms with Crippen LogP contribution in [0.1, 0.15) is 30.4 Å². The molecule has 2 aromatic rings. The molecule has 3 N–H and O–H groups in total. The Hall–Kier alpha value is -2.86. The largest absolute Gasteiger partial charge is 0.481 e. The Morgan fingerprint density at radius 2 is 1.58 bits per heavy atom. The lowest BCUT2D eigenvalue weighted by atomic mass is 10.2. The molecule has 0 saturated carbocycles. The number of ether oxygens (including phenoxy) is 1. The van der Waals surface area contributed by atoms with Gasteiger partial charge in [0.05, 0.1) is 6.17 Å². The molecular weight excluding hydrogens is 332 g/mol. The van der Waals surface area contributed by atoms with Crippen molar-refractivity contribution in [3.63, 3.8) is 0 Å². The molecule has 0 aliphatic heterocycles. The molecule has 0 aromatic heterocycles. The van der Waals surface area contributed by atoms with Crippen molar-refractivity contribution in [1.82, 2.24) is 10.6 Å². The number of carboxylic acid groups (broad SMARTS) is 1. The molecule has 26 heavy (non-hydrogen) atoms. The van der Waals surface area contributed by atoms with Crippen molar-refractivity contribution in [3.05, 3.63) is 71.8 Å². The van der Waals surface area contributed by atoms with Gasteiger partial charge in [-0.25, -0.2) is 4.79 Å². The highest BCUT2D eigenvalue weighted by molar-refractivity contribution is 5.67. The van der Waals surface area contributed by atoms with Crippen molar-refractivity contribution in [2.24, 2.45) is 0 Å². The number of alkyl carbamates (subject to hydrolysis) is 1. The summed E-state index contributed by atoms with van der Waals surface area (Å²) in [6.07, 6.45) is 0.123. The Morgan fingerprint density at radius 1 is 0.962 bits per heavy atom. The zero-order valence-electron chi connectivity index (χ0n) is 14.6. The van der Waals surface area contributed by atoms with E-state index in [0.29, 0.717) is 19.4 Å². The average Bonchev–Trinajstić information content (AvgIpc) is 2.66. The lowest BCUT2D eigenvalue weighted by Gasteiger charge is -2.20. The average molecular weight is 356 g/mol. The molecule has 6 heteroatoms. The molecule has 1 atom stereocenters. The van der Waals surface area contributed by atoms with E-state index in [1.807, 2.05) is 60.7 Å². The van der Waals surface area contributed by atoms with Gasteiger partial charge in [0.2, 0.25) is 0 Å². The molecule has 2 aromatic carbocycles. The van der Waals surface area contributed by atoms with Crippen LogP contribution in [0.3, 0.4) is 0 Å². The zero-order chi connectivity index (χ0) is 18.6. The van der Waals surface area contributed by atoms with Crippen LogP contribution in [-0.2, 0) is 22.7 Å². The van der Waals surface area contributed by atoms with Crippen LogP contribution in [0.15, 0.2) is 60.7 Å². The van der Waals surface area contributed by atoms with E-state index in [-0.39, 0.29) is 19.2 Å². The van der Waals surface area contributed by atoms with Gasteiger partial charge < -0.3 is 15.2 Å². The predicted molar refractivity (Wildman–Crippen MR) is 98.3 cm³/mol. The van der Waals surface area contributed by atoms with Gasteiger partial charge in [-0.15, -0.1) is 0 Å². The molecule has 1 unspecified atom stereocenters. The van der Waals surface area contributed by atoms with Crippen molar-refractivity contribution in [2.75, 3.05) is 0 Å². The van der Waals surface area contributed by atoms with Crippen LogP contribution in [0, 0.1) is 0 Å². The Balaban J connectivity index is 1.82. The second-order valence-corrected chi connectivity index (χ2v) is 5.91. The summed E-state index contributed by atoms with van der Waals surface area (Å²) in [7, 11) is 0. The third-order valence-corrected chi connectivity index (χ3v) is 3.78. The van der Waals surface area contributed by atoms with E-state index in [9.17, 15) is 9.59 Å². The Morgan fingerprint density at radius 3 is 2.19 bits per heavy atom. The summed E-state index contributed by atoms with van der Waals surface area (Å²) in [5.41, 5.74) is 1.98. The fraction of sp³-hybridized carbons (Fsp3) is 0.300. The smallest absolute Gasteiger partial charge is 0.408 e. The number of nitrogens with one attached hydrogen (secondary N) is 2. The van der Waals surface area contributed by atoms with Gasteiger partial charge >= 0.3 is 12.1 Å². The summed E-state index contributed by atoms with van der Waals surface area (Å²) >= 11 is 0. The maximum Gasteiger partial charge on any atom is 0.408 e. The van der Waals surface area contributed by atoms with Crippen molar-refractivity contribution >= 4 is 12.1 Å². The van der Waals surface area contributed by atoms with Crippen LogP contribution in [0.4, 0.5) is 4.79 Å². The van der Waals surface area contributed by atoms with E-state index in [1.54, 1.807) is 0 Å². The minimum absolute atomic E-state index is 0.0598. The monoisotopic (exact) mass is 356 g/mol. The lowest BCUT2D eigenvalue weighted by molar-refractivity contribution is -0.137. The number of hydrogen-bond donors (Lipinski definition) is 3. The summed E-state index contributed by atoms with van der Waals surface area (Å²) in [4.78, 5) is 22.8. The summed E-state index contributed by atoms with van der Waals surface area (Å²) < 4.78 is 5.23. The first-order valence-electron chi connectivity index (χ1n) is 8.60. The third-order valence-electron chi connectivity index (χ3n) is 3.78. The van der Waals surface area contributed by atoms with Gasteiger partial charge in [0.25, 0.3) is 0 Å². The first kappa shape index (κ1) is 19.5. The molecule has 0 radical (unpaired) electrons. The van der Waals surface area contributed by atoms with Gasteiger partial charge in [-0.05, 0) is 24.0 Å². The Bertz CT molecular complexity index is 677. The number of amides is 1.